The van der Waals surface area contributed by atoms with Gasteiger partial charge in [0.15, 0.2) is 0 Å². The number of quaternary nitrogens is 1. The van der Waals surface area contributed by atoms with Gasteiger partial charge in [-0.1, -0.05) is 327 Å². The number of nitrogens with zero attached hydrogens (tertiary/aromatic N) is 1. The maximum Gasteiger partial charge on any atom is 0.268 e. The fraction of sp³-hybridized carbons (Fsp3) is 0.705. The van der Waals surface area contributed by atoms with Gasteiger partial charge in [0.2, 0.25) is 5.91 Å². The van der Waals surface area contributed by atoms with E-state index in [1.165, 1.54) is 167 Å². The number of carbonyl (C=O) groups is 1. The Kier molecular flexibility index (Phi) is 64.5. The summed E-state index contributed by atoms with van der Waals surface area (Å²) in [5.74, 6) is -0.229. The molecule has 0 saturated carbocycles. The van der Waals surface area contributed by atoms with E-state index in [0.29, 0.717) is 17.4 Å². The van der Waals surface area contributed by atoms with Crippen LogP contribution in [0.4, 0.5) is 0 Å². The van der Waals surface area contributed by atoms with Crippen LogP contribution in [0, 0.1) is 0 Å². The summed E-state index contributed by atoms with van der Waals surface area (Å²) in [5, 5.41) is 13.9. The van der Waals surface area contributed by atoms with E-state index >= 15 is 0 Å². The number of allylic oxidation sites excluding steroid dienone is 21. The molecular weight excluding hydrogens is 1090 g/mol. The Bertz CT molecular complexity index is 1880. The molecule has 2 N–H and O–H groups in total. The van der Waals surface area contributed by atoms with Gasteiger partial charge >= 0.3 is 0 Å². The standard InChI is InChI=1S/C78H137N2O6P/c1-6-8-10-12-14-16-18-20-22-24-26-28-30-32-34-36-38-40-42-44-46-48-50-52-54-56-58-60-62-64-66-68-70-72-78(82)79-76(75-86-87(83,84)85-74-73-80(3,4)5)77(81)71-69-67-65-63-61-59-57-55-53-51-49-47-45-43-41-39-37-35-33-31-29-27-25-23-21-19-17-15-13-11-9-7-2/h8,10,14,16,20,22,26,28,32,34,38,40,44,46,50,52,56,58,61,63,69,71,76-77,81H,6-7,9,11-13,15,17-19,21,23-25,27,29-31,33,35-37,39,41-43,45,47-49,51,53-55,57,59-60,62,64-68,70,72-75H2,1-5H3,(H-,79,82,83,84)/b10-8-,16-14-,22-20-,28-26-,34-32-,40-38-,46-44-,52-50-,58-56-,63-61+,71-69+. The number of aliphatic hydroxyl groups excluding tert-OH is 1. The molecule has 0 aliphatic rings. The zero-order valence-corrected chi connectivity index (χ0v) is 58.1. The molecule has 0 radical (unpaired) electrons. The first-order valence-corrected chi connectivity index (χ1v) is 37.5. The predicted molar refractivity (Wildman–Crippen MR) is 380 cm³/mol. The number of aliphatic hydroxyl groups is 1. The van der Waals surface area contributed by atoms with Crippen LogP contribution >= 0.6 is 7.82 Å². The molecular formula is C78H137N2O6P. The number of carbonyl (C=O) groups excluding carboxylic acids is 1. The van der Waals surface area contributed by atoms with Crippen molar-refractivity contribution in [2.75, 3.05) is 40.9 Å². The fourth-order valence-corrected chi connectivity index (χ4v) is 10.8. The highest BCUT2D eigenvalue weighted by atomic mass is 31.2. The fourth-order valence-electron chi connectivity index (χ4n) is 10.0. The normalized spacial score (nSPS) is 14.4. The summed E-state index contributed by atoms with van der Waals surface area (Å²) in [4.78, 5) is 25.6. The molecule has 9 heteroatoms. The first kappa shape index (κ1) is 83.6. The summed E-state index contributed by atoms with van der Waals surface area (Å²) in [5.41, 5.74) is 0. The third-order valence-corrected chi connectivity index (χ3v) is 16.6. The average Bonchev–Trinajstić information content (AvgIpc) is 3.71. The number of amides is 1. The Hall–Kier alpha value is -3.36. The number of hydrogen-bond donors (Lipinski definition) is 2. The summed E-state index contributed by atoms with van der Waals surface area (Å²) in [7, 11) is 1.22. The summed E-state index contributed by atoms with van der Waals surface area (Å²) in [6.45, 7) is 4.51. The Labute approximate surface area is 538 Å². The van der Waals surface area contributed by atoms with Gasteiger partial charge in [-0.25, -0.2) is 0 Å². The van der Waals surface area contributed by atoms with Crippen molar-refractivity contribution < 1.29 is 32.9 Å². The molecule has 0 aliphatic heterocycles. The van der Waals surface area contributed by atoms with Gasteiger partial charge in [0, 0.05) is 6.42 Å². The molecule has 0 aromatic heterocycles. The van der Waals surface area contributed by atoms with Crippen LogP contribution < -0.4 is 10.2 Å². The Balaban J connectivity index is 4.20. The van der Waals surface area contributed by atoms with E-state index in [2.05, 4.69) is 141 Å². The second-order valence-corrected chi connectivity index (χ2v) is 26.6. The molecule has 0 heterocycles. The smallest absolute Gasteiger partial charge is 0.268 e. The molecule has 87 heavy (non-hydrogen) atoms. The summed E-state index contributed by atoms with van der Waals surface area (Å²) >= 11 is 0. The van der Waals surface area contributed by atoms with Gasteiger partial charge in [-0.2, -0.15) is 0 Å². The Morgan fingerprint density at radius 2 is 0.713 bits per heavy atom. The zero-order valence-electron chi connectivity index (χ0n) is 57.2. The molecule has 500 valence electrons. The van der Waals surface area contributed by atoms with Crippen LogP contribution in [0.1, 0.15) is 303 Å². The van der Waals surface area contributed by atoms with E-state index in [-0.39, 0.29) is 12.5 Å². The quantitative estimate of drug-likeness (QED) is 0.0272. The summed E-state index contributed by atoms with van der Waals surface area (Å²) in [6, 6.07) is -0.927. The number of phosphoric ester groups is 1. The van der Waals surface area contributed by atoms with Gasteiger partial charge in [-0.3, -0.25) is 9.36 Å². The van der Waals surface area contributed by atoms with Crippen molar-refractivity contribution in [2.24, 2.45) is 0 Å². The molecule has 0 aliphatic carbocycles. The monoisotopic (exact) mass is 1230 g/mol. The first-order chi connectivity index (χ1) is 42.5. The molecule has 0 fully saturated rings. The van der Waals surface area contributed by atoms with Crippen molar-refractivity contribution in [3.8, 4) is 0 Å². The van der Waals surface area contributed by atoms with Gasteiger partial charge < -0.3 is 28.8 Å². The highest BCUT2D eigenvalue weighted by molar-refractivity contribution is 7.45. The number of phosphoric acid groups is 1. The topological polar surface area (TPSA) is 108 Å². The van der Waals surface area contributed by atoms with Gasteiger partial charge in [0.1, 0.15) is 13.2 Å². The van der Waals surface area contributed by atoms with Crippen LogP contribution in [-0.4, -0.2) is 68.5 Å². The number of likely N-dealkylation sites (N-methyl/N-ethyl adjacent to an activating group) is 1. The molecule has 1 amide bonds. The Morgan fingerprint density at radius 3 is 1.07 bits per heavy atom. The highest BCUT2D eigenvalue weighted by Gasteiger charge is 2.23. The SMILES string of the molecule is CC/C=C\C/C=C\C/C=C\C/C=C\C/C=C\C/C=C\C/C=C\C/C=C\C/C=C\CCCCCCCC(=O)NC(COP(=O)([O-])OCC[N+](C)(C)C)C(O)/C=C/CC/C=C/CCCCCCCCCCCCCCCCCCCCCCCCCCCC. The van der Waals surface area contributed by atoms with Crippen molar-refractivity contribution in [3.05, 3.63) is 134 Å². The van der Waals surface area contributed by atoms with Crippen LogP contribution in [-0.2, 0) is 18.4 Å². The van der Waals surface area contributed by atoms with Crippen molar-refractivity contribution in [1.29, 1.82) is 0 Å². The lowest BCUT2D eigenvalue weighted by molar-refractivity contribution is -0.870. The molecule has 3 atom stereocenters. The van der Waals surface area contributed by atoms with Crippen LogP contribution in [0.15, 0.2) is 134 Å². The van der Waals surface area contributed by atoms with E-state index in [4.69, 9.17) is 9.05 Å². The summed E-state index contributed by atoms with van der Waals surface area (Å²) in [6.07, 6.45) is 102. The van der Waals surface area contributed by atoms with Crippen molar-refractivity contribution >= 4 is 13.7 Å². The number of unbranched alkanes of at least 4 members (excludes halogenated alkanes) is 32. The van der Waals surface area contributed by atoms with E-state index in [0.717, 1.165) is 116 Å². The minimum absolute atomic E-state index is 0.0175. The van der Waals surface area contributed by atoms with Crippen LogP contribution in [0.5, 0.6) is 0 Å². The summed E-state index contributed by atoms with van der Waals surface area (Å²) < 4.78 is 23.4. The van der Waals surface area contributed by atoms with Crippen molar-refractivity contribution in [2.45, 2.75) is 315 Å². The highest BCUT2D eigenvalue weighted by Crippen LogP contribution is 2.38. The van der Waals surface area contributed by atoms with Gasteiger partial charge in [-0.05, 0) is 103 Å². The minimum atomic E-state index is -4.63. The van der Waals surface area contributed by atoms with E-state index in [1.807, 2.05) is 27.2 Å². The first-order valence-electron chi connectivity index (χ1n) is 36.0. The molecule has 0 aromatic rings. The average molecular weight is 1230 g/mol. The zero-order chi connectivity index (χ0) is 63.4. The maximum atomic E-state index is 13.0. The second-order valence-electron chi connectivity index (χ2n) is 25.2. The number of rotatable bonds is 65. The molecule has 3 unspecified atom stereocenters. The van der Waals surface area contributed by atoms with Crippen molar-refractivity contribution in [1.82, 2.24) is 5.32 Å². The largest absolute Gasteiger partial charge is 0.756 e. The lowest BCUT2D eigenvalue weighted by Gasteiger charge is -2.29. The lowest BCUT2D eigenvalue weighted by Crippen LogP contribution is -2.45. The van der Waals surface area contributed by atoms with Gasteiger partial charge in [0.25, 0.3) is 7.82 Å². The Morgan fingerprint density at radius 1 is 0.414 bits per heavy atom. The maximum absolute atomic E-state index is 13.0. The third kappa shape index (κ3) is 70.0. The second kappa shape index (κ2) is 67.0. The molecule has 0 rings (SSSR count). The number of hydrogen-bond acceptors (Lipinski definition) is 6. The lowest BCUT2D eigenvalue weighted by atomic mass is 10.0. The van der Waals surface area contributed by atoms with Gasteiger partial charge in [0.05, 0.1) is 39.9 Å². The predicted octanol–water partition coefficient (Wildman–Crippen LogP) is 22.8. The van der Waals surface area contributed by atoms with E-state index < -0.39 is 26.6 Å². The minimum Gasteiger partial charge on any atom is -0.756 e. The van der Waals surface area contributed by atoms with Crippen molar-refractivity contribution in [3.63, 3.8) is 0 Å². The molecule has 8 nitrogen and oxygen atoms in total. The van der Waals surface area contributed by atoms with Crippen LogP contribution in [0.3, 0.4) is 0 Å². The van der Waals surface area contributed by atoms with Gasteiger partial charge in [-0.15, -0.1) is 0 Å². The number of nitrogens with one attached hydrogen (secondary N) is 1. The molecule has 0 saturated heterocycles. The molecule has 0 aromatic carbocycles. The van der Waals surface area contributed by atoms with Crippen LogP contribution in [0.2, 0.25) is 0 Å². The molecule has 0 spiro atoms. The van der Waals surface area contributed by atoms with E-state index in [1.54, 1.807) is 6.08 Å². The van der Waals surface area contributed by atoms with E-state index in [9.17, 15) is 19.4 Å². The molecule has 0 bridgehead atoms. The van der Waals surface area contributed by atoms with Crippen LogP contribution in [0.25, 0.3) is 0 Å². The third-order valence-electron chi connectivity index (χ3n) is 15.6.